The van der Waals surface area contributed by atoms with Gasteiger partial charge in [-0.3, -0.25) is 14.7 Å². The zero-order valence-electron chi connectivity index (χ0n) is 34.4. The average molecular weight is 843 g/mol. The summed E-state index contributed by atoms with van der Waals surface area (Å²) in [6, 6.07) is 40.4. The van der Waals surface area contributed by atoms with Crippen LogP contribution >= 0.6 is 8.25 Å². The summed E-state index contributed by atoms with van der Waals surface area (Å²) in [7, 11) is -5.45. The molecule has 0 radical (unpaired) electrons. The number of nitriles is 1. The van der Waals surface area contributed by atoms with E-state index in [1.165, 1.54) is 6.33 Å². The Bertz CT molecular complexity index is 2350. The Morgan fingerprint density at radius 3 is 1.97 bits per heavy atom. The summed E-state index contributed by atoms with van der Waals surface area (Å²) in [6.07, 6.45) is -0.0790. The van der Waals surface area contributed by atoms with Crippen LogP contribution in [0.2, 0.25) is 18.1 Å². The number of nitrogens with zero attached hydrogens (tertiary/aromatic N) is 5. The van der Waals surface area contributed by atoms with E-state index >= 15 is 0 Å². The van der Waals surface area contributed by atoms with E-state index in [0.717, 1.165) is 16.7 Å². The molecule has 0 bridgehead atoms. The first-order chi connectivity index (χ1) is 28.8. The van der Waals surface area contributed by atoms with Crippen molar-refractivity contribution in [2.24, 2.45) is 5.92 Å². The molecule has 1 aliphatic heterocycles. The summed E-state index contributed by atoms with van der Waals surface area (Å²) >= 11 is 0. The Morgan fingerprint density at radius 2 is 1.43 bits per heavy atom. The highest BCUT2D eigenvalue weighted by Gasteiger charge is 2.57. The van der Waals surface area contributed by atoms with Crippen LogP contribution in [0, 0.1) is 17.2 Å². The minimum absolute atomic E-state index is 0.105. The van der Waals surface area contributed by atoms with Gasteiger partial charge in [-0.15, -0.1) is 4.52 Å². The number of imidazole rings is 1. The number of aromatic nitrogens is 4. The fourth-order valence-electron chi connectivity index (χ4n) is 7.03. The van der Waals surface area contributed by atoms with Crippen LogP contribution in [0.25, 0.3) is 11.2 Å². The van der Waals surface area contributed by atoms with Crippen molar-refractivity contribution in [1.82, 2.24) is 24.8 Å². The number of carbonyl (C=O) groups excluding carboxylic acids is 1. The number of amides is 1. The normalized spacial score (nSPS) is 19.1. The molecule has 6 atom stereocenters. The van der Waals surface area contributed by atoms with Gasteiger partial charge < -0.3 is 14.5 Å². The summed E-state index contributed by atoms with van der Waals surface area (Å²) < 4.78 is 41.7. The number of ether oxygens (including phenoxy) is 1. The van der Waals surface area contributed by atoms with Gasteiger partial charge in [0.25, 0.3) is 5.91 Å². The molecule has 2 unspecified atom stereocenters. The van der Waals surface area contributed by atoms with Crippen LogP contribution in [0.15, 0.2) is 134 Å². The number of hydrogen-bond acceptors (Lipinski definition) is 11. The molecule has 1 fully saturated rings. The zero-order chi connectivity index (χ0) is 42.5. The van der Waals surface area contributed by atoms with Gasteiger partial charge in [0.1, 0.15) is 19.0 Å². The number of nitrogens with one attached hydrogen (secondary N) is 2. The van der Waals surface area contributed by atoms with Crippen LogP contribution in [0.3, 0.4) is 0 Å². The second kappa shape index (κ2) is 18.0. The molecule has 13 nitrogen and oxygen atoms in total. The molecule has 0 aliphatic carbocycles. The summed E-state index contributed by atoms with van der Waals surface area (Å²) in [5.41, 5.74) is 2.91. The maximum absolute atomic E-state index is 13.7. The van der Waals surface area contributed by atoms with Crippen molar-refractivity contribution in [1.29, 1.82) is 5.26 Å². The van der Waals surface area contributed by atoms with Crippen LogP contribution < -0.4 is 10.6 Å². The maximum Gasteiger partial charge on any atom is 0.700 e. The smallest absolute Gasteiger partial charge is 0.407 e. The van der Waals surface area contributed by atoms with Crippen molar-refractivity contribution in [3.8, 4) is 6.07 Å². The van der Waals surface area contributed by atoms with Crippen LogP contribution in [0.1, 0.15) is 61.0 Å². The van der Waals surface area contributed by atoms with Gasteiger partial charge in [-0.2, -0.15) is 5.26 Å². The third-order valence-electron chi connectivity index (χ3n) is 11.2. The Hall–Kier alpha value is -5.49. The second-order valence-electron chi connectivity index (χ2n) is 16.3. The summed E-state index contributed by atoms with van der Waals surface area (Å²) in [6.45, 7) is 12.4. The zero-order valence-corrected chi connectivity index (χ0v) is 36.3. The standard InChI is InChI=1S/C45H48N7O6PSi/c1-31(27-46)28-55-59(54)57-43-36(51-45(33-21-13-8-14-22-33,34-23-15-9-16-24-34)35-25-17-10-18-26-35)38(58-60(5,6)44(2,3)4)42(56-43)52-30-49-37-39(47-29-48-40(37)52)50-41(53)32-19-11-7-12-20-32/h7-26,29-31,36,38,42-43,51H,28H2,1-6H3/p+1/t31?,36-,38-,42-,43+/m1/s1. The fraction of sp³-hybridized carbons (Fsp3) is 0.311. The largest absolute Gasteiger partial charge is 0.700 e. The minimum atomic E-state index is -2.79. The first kappa shape index (κ1) is 42.6. The lowest BCUT2D eigenvalue weighted by molar-refractivity contribution is -0.112. The molecule has 308 valence electrons. The quantitative estimate of drug-likeness (QED) is 0.0576. The van der Waals surface area contributed by atoms with Gasteiger partial charge in [-0.25, -0.2) is 15.0 Å². The molecule has 1 saturated heterocycles. The minimum Gasteiger partial charge on any atom is -0.407 e. The molecule has 1 aliphatic rings. The fourth-order valence-corrected chi connectivity index (χ4v) is 9.09. The van der Waals surface area contributed by atoms with Crippen LogP contribution in [0.4, 0.5) is 5.82 Å². The third kappa shape index (κ3) is 8.84. The van der Waals surface area contributed by atoms with E-state index in [9.17, 15) is 14.6 Å². The summed E-state index contributed by atoms with van der Waals surface area (Å²) in [4.78, 5) is 27.0. The molecule has 15 heteroatoms. The van der Waals surface area contributed by atoms with Gasteiger partial charge in [0.05, 0.1) is 29.9 Å². The summed E-state index contributed by atoms with van der Waals surface area (Å²) in [5.74, 6) is -0.661. The van der Waals surface area contributed by atoms with Crippen LogP contribution in [-0.2, 0) is 28.3 Å². The molecule has 0 saturated carbocycles. The Morgan fingerprint density at radius 1 is 0.883 bits per heavy atom. The van der Waals surface area contributed by atoms with Gasteiger partial charge in [-0.05, 0) is 53.9 Å². The highest BCUT2D eigenvalue weighted by atomic mass is 31.1. The van der Waals surface area contributed by atoms with Gasteiger partial charge >= 0.3 is 8.25 Å². The van der Waals surface area contributed by atoms with E-state index in [1.807, 2.05) is 60.7 Å². The van der Waals surface area contributed by atoms with Crippen LogP contribution in [-0.4, -0.2) is 58.8 Å². The molecule has 3 heterocycles. The second-order valence-corrected chi connectivity index (χ2v) is 21.9. The maximum atomic E-state index is 13.7. The third-order valence-corrected chi connectivity index (χ3v) is 16.4. The van der Waals surface area contributed by atoms with Gasteiger partial charge in [0, 0.05) is 10.1 Å². The molecule has 2 aromatic heterocycles. The topological polar surface area (TPSA) is 163 Å². The Balaban J connectivity index is 1.40. The van der Waals surface area contributed by atoms with Crippen molar-refractivity contribution >= 4 is 39.5 Å². The molecule has 60 heavy (non-hydrogen) atoms. The van der Waals surface area contributed by atoms with Crippen molar-refractivity contribution in [2.75, 3.05) is 11.9 Å². The molecular formula is C45H49N7O6PSi+. The Kier molecular flexibility index (Phi) is 12.8. The highest BCUT2D eigenvalue weighted by Crippen LogP contribution is 2.47. The van der Waals surface area contributed by atoms with Gasteiger partial charge in [0.2, 0.25) is 6.29 Å². The SMILES string of the molecule is CC(C#N)CO[P+](=O)O[C@@H]1O[C@@H](n2cnc3c(NC(=O)c4ccccc4)ncnc32)[C@H](O[Si](C)(C)C(C)(C)C)[C@H]1NC(c1ccccc1)(c1ccccc1)c1ccccc1. The number of fused-ring (bicyclic) bond motifs is 1. The van der Waals surface area contributed by atoms with Crippen molar-refractivity contribution < 1.29 is 27.6 Å². The number of benzene rings is 4. The number of rotatable bonds is 15. The number of anilines is 1. The highest BCUT2D eigenvalue weighted by molar-refractivity contribution is 7.33. The van der Waals surface area contributed by atoms with E-state index in [1.54, 1.807) is 42.1 Å². The predicted molar refractivity (Wildman–Crippen MR) is 231 cm³/mol. The monoisotopic (exact) mass is 842 g/mol. The lowest BCUT2D eigenvalue weighted by atomic mass is 9.76. The molecule has 4 aromatic carbocycles. The molecule has 7 rings (SSSR count). The van der Waals surface area contributed by atoms with Crippen molar-refractivity contribution in [3.63, 3.8) is 0 Å². The lowest BCUT2D eigenvalue weighted by Gasteiger charge is -2.44. The predicted octanol–water partition coefficient (Wildman–Crippen LogP) is 9.12. The van der Waals surface area contributed by atoms with E-state index in [0.29, 0.717) is 16.7 Å². The first-order valence-corrected chi connectivity index (χ1v) is 23.8. The van der Waals surface area contributed by atoms with E-state index in [2.05, 4.69) is 96.9 Å². The molecular weight excluding hydrogens is 794 g/mol. The molecule has 2 N–H and O–H groups in total. The van der Waals surface area contributed by atoms with E-state index in [4.69, 9.17) is 23.2 Å². The lowest BCUT2D eigenvalue weighted by Crippen LogP contribution is -2.59. The number of carbonyl (C=O) groups is 1. The Labute approximate surface area is 352 Å². The molecule has 6 aromatic rings. The van der Waals surface area contributed by atoms with Crippen LogP contribution in [0.5, 0.6) is 0 Å². The molecule has 0 spiro atoms. The summed E-state index contributed by atoms with van der Waals surface area (Å²) in [5, 5.41) is 16.1. The van der Waals surface area contributed by atoms with E-state index in [-0.39, 0.29) is 23.4 Å². The number of hydrogen-bond donors (Lipinski definition) is 2. The average Bonchev–Trinajstić information content (AvgIpc) is 3.83. The van der Waals surface area contributed by atoms with Gasteiger partial charge in [0.15, 0.2) is 31.5 Å². The molecule has 1 amide bonds. The van der Waals surface area contributed by atoms with Crippen molar-refractivity contribution in [2.45, 2.75) is 76.0 Å². The van der Waals surface area contributed by atoms with Gasteiger partial charge in [-0.1, -0.05) is 134 Å². The van der Waals surface area contributed by atoms with E-state index < -0.39 is 52.7 Å². The van der Waals surface area contributed by atoms with Crippen molar-refractivity contribution in [3.05, 3.63) is 156 Å². The first-order valence-electron chi connectivity index (χ1n) is 19.8.